The largest absolute Gasteiger partial charge is 0.436 e. The van der Waals surface area contributed by atoms with Crippen LogP contribution in [0.15, 0.2) is 34.9 Å². The zero-order valence-electron chi connectivity index (χ0n) is 8.15. The van der Waals surface area contributed by atoms with Crippen LogP contribution in [0.4, 0.5) is 0 Å². The van der Waals surface area contributed by atoms with E-state index >= 15 is 0 Å². The van der Waals surface area contributed by atoms with Gasteiger partial charge in [-0.2, -0.15) is 0 Å². The third kappa shape index (κ3) is 1.93. The van der Waals surface area contributed by atoms with Crippen LogP contribution in [-0.2, 0) is 0 Å². The average molecular weight is 189 g/mol. The molecule has 0 amide bonds. The highest BCUT2D eigenvalue weighted by atomic mass is 16.5. The zero-order chi connectivity index (χ0) is 9.97. The summed E-state index contributed by atoms with van der Waals surface area (Å²) in [6, 6.07) is 9.54. The number of hydrogen-bond donors (Lipinski definition) is 0. The molecule has 0 atom stereocenters. The van der Waals surface area contributed by atoms with Crippen molar-refractivity contribution in [2.24, 2.45) is 0 Å². The zero-order valence-corrected chi connectivity index (χ0v) is 8.15. The summed E-state index contributed by atoms with van der Waals surface area (Å²) < 4.78 is 10.4. The molecule has 0 saturated heterocycles. The standard InChI is InChI=1S/C11H11NO2/c1-8-4-3-5-10(6-8)13-11-7-9(2)14-12-11/h3-7H,1-2H3. The molecule has 0 bridgehead atoms. The van der Waals surface area contributed by atoms with E-state index in [1.165, 1.54) is 0 Å². The van der Waals surface area contributed by atoms with Crippen LogP contribution in [0.5, 0.6) is 11.6 Å². The third-order valence-corrected chi connectivity index (χ3v) is 1.82. The van der Waals surface area contributed by atoms with Crippen LogP contribution in [0.3, 0.4) is 0 Å². The van der Waals surface area contributed by atoms with Crippen LogP contribution in [0.2, 0.25) is 0 Å². The first-order valence-corrected chi connectivity index (χ1v) is 4.42. The van der Waals surface area contributed by atoms with Crippen LogP contribution in [-0.4, -0.2) is 5.16 Å². The maximum absolute atomic E-state index is 5.48. The Balaban J connectivity index is 2.18. The van der Waals surface area contributed by atoms with Crippen molar-refractivity contribution in [1.82, 2.24) is 5.16 Å². The summed E-state index contributed by atoms with van der Waals surface area (Å²) in [5, 5.41) is 3.74. The average Bonchev–Trinajstić information content (AvgIpc) is 2.51. The van der Waals surface area contributed by atoms with E-state index in [1.807, 2.05) is 38.1 Å². The quantitative estimate of drug-likeness (QED) is 0.728. The second-order valence-corrected chi connectivity index (χ2v) is 3.19. The number of aromatic nitrogens is 1. The van der Waals surface area contributed by atoms with E-state index in [0.29, 0.717) is 5.88 Å². The Morgan fingerprint density at radius 3 is 2.71 bits per heavy atom. The Hall–Kier alpha value is -1.77. The molecule has 2 aromatic rings. The SMILES string of the molecule is Cc1cccc(Oc2cc(C)on2)c1. The molecule has 3 heteroatoms. The number of hydrogen-bond acceptors (Lipinski definition) is 3. The van der Waals surface area contributed by atoms with E-state index in [2.05, 4.69) is 5.16 Å². The molecule has 1 heterocycles. The second kappa shape index (κ2) is 3.54. The van der Waals surface area contributed by atoms with Gasteiger partial charge in [0.25, 0.3) is 5.88 Å². The van der Waals surface area contributed by atoms with E-state index in [1.54, 1.807) is 6.07 Å². The van der Waals surface area contributed by atoms with Crippen molar-refractivity contribution in [3.05, 3.63) is 41.7 Å². The number of aryl methyl sites for hydroxylation is 2. The fourth-order valence-electron chi connectivity index (χ4n) is 1.19. The summed E-state index contributed by atoms with van der Waals surface area (Å²) in [5.41, 5.74) is 1.16. The highest BCUT2D eigenvalue weighted by Gasteiger charge is 2.02. The lowest BCUT2D eigenvalue weighted by molar-refractivity contribution is 0.355. The van der Waals surface area contributed by atoms with Crippen molar-refractivity contribution < 1.29 is 9.26 Å². The van der Waals surface area contributed by atoms with Crippen LogP contribution in [0, 0.1) is 13.8 Å². The molecular weight excluding hydrogens is 178 g/mol. The van der Waals surface area contributed by atoms with E-state index in [-0.39, 0.29) is 0 Å². The number of nitrogens with zero attached hydrogens (tertiary/aromatic N) is 1. The Labute approximate surface area is 82.3 Å². The molecule has 0 aliphatic rings. The van der Waals surface area contributed by atoms with Crippen LogP contribution in [0.25, 0.3) is 0 Å². The summed E-state index contributed by atoms with van der Waals surface area (Å²) >= 11 is 0. The summed E-state index contributed by atoms with van der Waals surface area (Å²) in [4.78, 5) is 0. The number of benzene rings is 1. The lowest BCUT2D eigenvalue weighted by Gasteiger charge is -2.00. The molecule has 0 spiro atoms. The first-order chi connectivity index (χ1) is 6.74. The predicted molar refractivity (Wildman–Crippen MR) is 52.5 cm³/mol. The van der Waals surface area contributed by atoms with Crippen LogP contribution >= 0.6 is 0 Å². The maximum atomic E-state index is 5.48. The van der Waals surface area contributed by atoms with E-state index in [9.17, 15) is 0 Å². The summed E-state index contributed by atoms with van der Waals surface area (Å²) in [5.74, 6) is 2.01. The highest BCUT2D eigenvalue weighted by Crippen LogP contribution is 2.21. The first kappa shape index (κ1) is 8.81. The lowest BCUT2D eigenvalue weighted by Crippen LogP contribution is -1.83. The minimum absolute atomic E-state index is 0.494. The van der Waals surface area contributed by atoms with Crippen molar-refractivity contribution in [3.63, 3.8) is 0 Å². The molecule has 0 aliphatic heterocycles. The highest BCUT2D eigenvalue weighted by molar-refractivity contribution is 5.30. The van der Waals surface area contributed by atoms with Gasteiger partial charge in [-0.05, 0) is 36.7 Å². The van der Waals surface area contributed by atoms with Gasteiger partial charge in [0.15, 0.2) is 0 Å². The summed E-state index contributed by atoms with van der Waals surface area (Å²) in [7, 11) is 0. The topological polar surface area (TPSA) is 35.3 Å². The summed E-state index contributed by atoms with van der Waals surface area (Å²) in [6.07, 6.45) is 0. The number of ether oxygens (including phenoxy) is 1. The van der Waals surface area contributed by atoms with Crippen molar-refractivity contribution in [2.45, 2.75) is 13.8 Å². The fourth-order valence-corrected chi connectivity index (χ4v) is 1.19. The molecule has 1 aromatic heterocycles. The van der Waals surface area contributed by atoms with Crippen molar-refractivity contribution in [3.8, 4) is 11.6 Å². The van der Waals surface area contributed by atoms with Crippen molar-refractivity contribution in [2.75, 3.05) is 0 Å². The van der Waals surface area contributed by atoms with E-state index in [4.69, 9.17) is 9.26 Å². The first-order valence-electron chi connectivity index (χ1n) is 4.42. The molecule has 2 rings (SSSR count). The molecule has 72 valence electrons. The van der Waals surface area contributed by atoms with Gasteiger partial charge in [-0.1, -0.05) is 12.1 Å². The van der Waals surface area contributed by atoms with Gasteiger partial charge < -0.3 is 9.26 Å². The molecule has 0 fully saturated rings. The minimum atomic E-state index is 0.494. The molecule has 3 nitrogen and oxygen atoms in total. The molecule has 0 N–H and O–H groups in total. The van der Waals surface area contributed by atoms with Crippen molar-refractivity contribution >= 4 is 0 Å². The van der Waals surface area contributed by atoms with Gasteiger partial charge in [0.05, 0.1) is 0 Å². The molecule has 0 radical (unpaired) electrons. The van der Waals surface area contributed by atoms with Gasteiger partial charge in [-0.3, -0.25) is 0 Å². The third-order valence-electron chi connectivity index (χ3n) is 1.82. The smallest absolute Gasteiger partial charge is 0.259 e. The fraction of sp³-hybridized carbons (Fsp3) is 0.182. The molecule has 0 saturated carbocycles. The lowest BCUT2D eigenvalue weighted by atomic mass is 10.2. The second-order valence-electron chi connectivity index (χ2n) is 3.19. The van der Waals surface area contributed by atoms with Gasteiger partial charge in [0.2, 0.25) is 0 Å². The monoisotopic (exact) mass is 189 g/mol. The maximum Gasteiger partial charge on any atom is 0.259 e. The Morgan fingerprint density at radius 2 is 2.07 bits per heavy atom. The van der Waals surface area contributed by atoms with E-state index in [0.717, 1.165) is 17.1 Å². The predicted octanol–water partition coefficient (Wildman–Crippen LogP) is 3.08. The minimum Gasteiger partial charge on any atom is -0.436 e. The number of rotatable bonds is 2. The Morgan fingerprint density at radius 1 is 1.21 bits per heavy atom. The van der Waals surface area contributed by atoms with Gasteiger partial charge >= 0.3 is 0 Å². The van der Waals surface area contributed by atoms with Crippen molar-refractivity contribution in [1.29, 1.82) is 0 Å². The molecule has 0 aliphatic carbocycles. The van der Waals surface area contributed by atoms with Gasteiger partial charge in [-0.25, -0.2) is 0 Å². The molecule has 0 unspecified atom stereocenters. The summed E-state index contributed by atoms with van der Waals surface area (Å²) in [6.45, 7) is 3.84. The molecular formula is C11H11NO2. The molecule has 1 aromatic carbocycles. The van der Waals surface area contributed by atoms with E-state index < -0.39 is 0 Å². The van der Waals surface area contributed by atoms with Gasteiger partial charge in [0, 0.05) is 6.07 Å². The Kier molecular flexibility index (Phi) is 2.23. The molecule has 14 heavy (non-hydrogen) atoms. The van der Waals surface area contributed by atoms with Crippen LogP contribution in [0.1, 0.15) is 11.3 Å². The van der Waals surface area contributed by atoms with Gasteiger partial charge in [-0.15, -0.1) is 0 Å². The Bertz CT molecular complexity index is 434. The van der Waals surface area contributed by atoms with Crippen LogP contribution < -0.4 is 4.74 Å². The van der Waals surface area contributed by atoms with Gasteiger partial charge in [0.1, 0.15) is 11.5 Å². The normalized spacial score (nSPS) is 10.1.